The van der Waals surface area contributed by atoms with Crippen molar-refractivity contribution < 1.29 is 14.6 Å². The van der Waals surface area contributed by atoms with E-state index in [0.29, 0.717) is 11.3 Å². The first-order valence-electron chi connectivity index (χ1n) is 7.78. The van der Waals surface area contributed by atoms with Crippen LogP contribution in [0.25, 0.3) is 0 Å². The van der Waals surface area contributed by atoms with E-state index in [4.69, 9.17) is 4.74 Å². The third kappa shape index (κ3) is 4.73. The molecule has 2 aromatic rings. The summed E-state index contributed by atoms with van der Waals surface area (Å²) in [6, 6.07) is 14.8. The van der Waals surface area contributed by atoms with Crippen LogP contribution in [0.2, 0.25) is 0 Å². The summed E-state index contributed by atoms with van der Waals surface area (Å²) in [7, 11) is 3.30. The maximum atomic E-state index is 12.7. The van der Waals surface area contributed by atoms with Gasteiger partial charge in [0, 0.05) is 25.3 Å². The van der Waals surface area contributed by atoms with Gasteiger partial charge in [0.15, 0.2) is 0 Å². The predicted molar refractivity (Wildman–Crippen MR) is 96.0 cm³/mol. The average Bonchev–Trinajstić information content (AvgIpc) is 2.53. The Balaban J connectivity index is 2.25. The minimum Gasteiger partial charge on any atom is -0.497 e. The summed E-state index contributed by atoms with van der Waals surface area (Å²) < 4.78 is 5.22. The van der Waals surface area contributed by atoms with E-state index in [9.17, 15) is 9.90 Å². The number of rotatable bonds is 6. The molecule has 0 spiro atoms. The summed E-state index contributed by atoms with van der Waals surface area (Å²) >= 11 is 0. The third-order valence-electron chi connectivity index (χ3n) is 3.48. The molecule has 0 saturated heterocycles. The number of amides is 1. The minimum absolute atomic E-state index is 0.150. The fourth-order valence-electron chi connectivity index (χ4n) is 2.49. The first kappa shape index (κ1) is 17.8. The molecule has 0 bridgehead atoms. The van der Waals surface area contributed by atoms with E-state index in [2.05, 4.69) is 5.32 Å². The zero-order valence-corrected chi connectivity index (χ0v) is 14.5. The van der Waals surface area contributed by atoms with E-state index >= 15 is 0 Å². The van der Waals surface area contributed by atoms with E-state index in [0.717, 1.165) is 11.4 Å². The number of carbonyl (C=O) groups is 1. The lowest BCUT2D eigenvalue weighted by atomic mass is 10.1. The molecular formula is C19H24N2O3. The topological polar surface area (TPSA) is 61.8 Å². The number of aliphatic hydroxyl groups is 1. The van der Waals surface area contributed by atoms with Gasteiger partial charge in [-0.2, -0.15) is 0 Å². The zero-order valence-electron chi connectivity index (χ0n) is 14.5. The van der Waals surface area contributed by atoms with Crippen LogP contribution in [0.15, 0.2) is 48.5 Å². The molecule has 0 unspecified atom stereocenters. The summed E-state index contributed by atoms with van der Waals surface area (Å²) in [5.74, 6) is 0.589. The molecular weight excluding hydrogens is 304 g/mol. The van der Waals surface area contributed by atoms with Crippen LogP contribution in [0.3, 0.4) is 0 Å². The van der Waals surface area contributed by atoms with Crippen LogP contribution in [-0.2, 0) is 0 Å². The molecule has 5 heteroatoms. The van der Waals surface area contributed by atoms with Crippen LogP contribution in [0, 0.1) is 0 Å². The van der Waals surface area contributed by atoms with E-state index < -0.39 is 5.60 Å². The second kappa shape index (κ2) is 7.36. The molecule has 0 aliphatic heterocycles. The quantitative estimate of drug-likeness (QED) is 0.854. The molecule has 1 amide bonds. The Hall–Kier alpha value is -2.53. The Kier molecular flexibility index (Phi) is 5.46. The van der Waals surface area contributed by atoms with Gasteiger partial charge in [-0.1, -0.05) is 18.2 Å². The molecule has 0 heterocycles. The molecule has 2 aromatic carbocycles. The highest BCUT2D eigenvalue weighted by Gasteiger charge is 2.22. The lowest BCUT2D eigenvalue weighted by Crippen LogP contribution is -2.39. The standard InChI is InChI=1S/C19H24N2O3/c1-19(2,23)13-21(3)18(22)16-10-5-6-11-17(16)20-14-8-7-9-15(12-14)24-4/h5-12,20,23H,13H2,1-4H3. The maximum absolute atomic E-state index is 12.7. The number of ether oxygens (including phenoxy) is 1. The van der Waals surface area contributed by atoms with Crippen molar-refractivity contribution in [3.63, 3.8) is 0 Å². The number of anilines is 2. The monoisotopic (exact) mass is 328 g/mol. The van der Waals surface area contributed by atoms with Crippen molar-refractivity contribution in [1.29, 1.82) is 0 Å². The highest BCUT2D eigenvalue weighted by atomic mass is 16.5. The summed E-state index contributed by atoms with van der Waals surface area (Å²) in [4.78, 5) is 14.2. The number of hydrogen-bond acceptors (Lipinski definition) is 4. The predicted octanol–water partition coefficient (Wildman–Crippen LogP) is 3.28. The number of likely N-dealkylation sites (N-methyl/N-ethyl adjacent to an activating group) is 1. The normalized spacial score (nSPS) is 11.0. The highest BCUT2D eigenvalue weighted by Crippen LogP contribution is 2.25. The number of hydrogen-bond donors (Lipinski definition) is 2. The summed E-state index contributed by atoms with van der Waals surface area (Å²) in [6.07, 6.45) is 0. The van der Waals surface area contributed by atoms with Crippen molar-refractivity contribution in [2.24, 2.45) is 0 Å². The Bertz CT molecular complexity index is 708. The highest BCUT2D eigenvalue weighted by molar-refractivity contribution is 6.00. The van der Waals surface area contributed by atoms with E-state index in [1.165, 1.54) is 4.90 Å². The fourth-order valence-corrected chi connectivity index (χ4v) is 2.49. The van der Waals surface area contributed by atoms with Crippen LogP contribution < -0.4 is 10.1 Å². The Morgan fingerprint density at radius 2 is 1.92 bits per heavy atom. The van der Waals surface area contributed by atoms with Gasteiger partial charge in [0.05, 0.1) is 24.0 Å². The Labute approximate surface area is 142 Å². The van der Waals surface area contributed by atoms with Gasteiger partial charge in [-0.05, 0) is 38.1 Å². The molecule has 0 aromatic heterocycles. The largest absolute Gasteiger partial charge is 0.497 e. The van der Waals surface area contributed by atoms with Gasteiger partial charge in [-0.25, -0.2) is 0 Å². The van der Waals surface area contributed by atoms with Gasteiger partial charge in [-0.3, -0.25) is 4.79 Å². The molecule has 24 heavy (non-hydrogen) atoms. The first-order valence-corrected chi connectivity index (χ1v) is 7.78. The van der Waals surface area contributed by atoms with Gasteiger partial charge < -0.3 is 20.1 Å². The molecule has 128 valence electrons. The van der Waals surface area contributed by atoms with Crippen LogP contribution in [-0.4, -0.2) is 42.2 Å². The van der Waals surface area contributed by atoms with E-state index in [1.807, 2.05) is 42.5 Å². The molecule has 2 N–H and O–H groups in total. The smallest absolute Gasteiger partial charge is 0.255 e. The van der Waals surface area contributed by atoms with Gasteiger partial charge in [-0.15, -0.1) is 0 Å². The molecule has 0 radical (unpaired) electrons. The van der Waals surface area contributed by atoms with Crippen molar-refractivity contribution in [1.82, 2.24) is 4.90 Å². The molecule has 0 fully saturated rings. The number of methoxy groups -OCH3 is 1. The molecule has 2 rings (SSSR count). The summed E-state index contributed by atoms with van der Waals surface area (Å²) in [5.41, 5.74) is 1.14. The van der Waals surface area contributed by atoms with Crippen LogP contribution in [0.5, 0.6) is 5.75 Å². The molecule has 0 atom stereocenters. The minimum atomic E-state index is -0.945. The lowest BCUT2D eigenvalue weighted by molar-refractivity contribution is 0.0368. The van der Waals surface area contributed by atoms with Gasteiger partial charge in [0.2, 0.25) is 0 Å². The number of para-hydroxylation sites is 1. The fraction of sp³-hybridized carbons (Fsp3) is 0.316. The molecule has 0 saturated carbocycles. The van der Waals surface area contributed by atoms with E-state index in [-0.39, 0.29) is 12.5 Å². The van der Waals surface area contributed by atoms with Crippen molar-refractivity contribution in [2.75, 3.05) is 26.0 Å². The molecule has 0 aliphatic carbocycles. The third-order valence-corrected chi connectivity index (χ3v) is 3.48. The van der Waals surface area contributed by atoms with Crippen molar-refractivity contribution in [2.45, 2.75) is 19.4 Å². The van der Waals surface area contributed by atoms with Crippen LogP contribution in [0.4, 0.5) is 11.4 Å². The van der Waals surface area contributed by atoms with Gasteiger partial charge in [0.1, 0.15) is 5.75 Å². The van der Waals surface area contributed by atoms with E-state index in [1.54, 1.807) is 34.1 Å². The van der Waals surface area contributed by atoms with Crippen molar-refractivity contribution >= 4 is 17.3 Å². The van der Waals surface area contributed by atoms with Crippen LogP contribution >= 0.6 is 0 Å². The first-order chi connectivity index (χ1) is 11.3. The Morgan fingerprint density at radius 3 is 2.58 bits per heavy atom. The van der Waals surface area contributed by atoms with Crippen molar-refractivity contribution in [3.8, 4) is 5.75 Å². The molecule has 5 nitrogen and oxygen atoms in total. The van der Waals surface area contributed by atoms with Gasteiger partial charge >= 0.3 is 0 Å². The SMILES string of the molecule is COc1cccc(Nc2ccccc2C(=O)N(C)CC(C)(C)O)c1. The number of benzene rings is 2. The number of nitrogens with one attached hydrogen (secondary N) is 1. The van der Waals surface area contributed by atoms with Crippen LogP contribution in [0.1, 0.15) is 24.2 Å². The average molecular weight is 328 g/mol. The van der Waals surface area contributed by atoms with Crippen molar-refractivity contribution in [3.05, 3.63) is 54.1 Å². The summed E-state index contributed by atoms with van der Waals surface area (Å²) in [5, 5.41) is 13.2. The lowest BCUT2D eigenvalue weighted by Gasteiger charge is -2.26. The second-order valence-electron chi connectivity index (χ2n) is 6.38. The molecule has 0 aliphatic rings. The number of nitrogens with zero attached hydrogens (tertiary/aromatic N) is 1. The number of carbonyl (C=O) groups excluding carboxylic acids is 1. The second-order valence-corrected chi connectivity index (χ2v) is 6.38. The van der Waals surface area contributed by atoms with Gasteiger partial charge in [0.25, 0.3) is 5.91 Å². The maximum Gasteiger partial charge on any atom is 0.255 e. The Morgan fingerprint density at radius 1 is 1.21 bits per heavy atom. The summed E-state index contributed by atoms with van der Waals surface area (Å²) in [6.45, 7) is 3.60. The zero-order chi connectivity index (χ0) is 17.7.